The molecule has 1 aromatic rings. The van der Waals surface area contributed by atoms with E-state index in [1.54, 1.807) is 12.4 Å². The second-order valence-electron chi connectivity index (χ2n) is 4.72. The number of hydrogen-bond acceptors (Lipinski definition) is 2. The molecule has 1 heterocycles. The van der Waals surface area contributed by atoms with Gasteiger partial charge in [0.15, 0.2) is 0 Å². The molecule has 1 aromatic heterocycles. The van der Waals surface area contributed by atoms with Crippen molar-refractivity contribution in [3.63, 3.8) is 0 Å². The molecule has 1 atom stereocenters. The van der Waals surface area contributed by atoms with Gasteiger partial charge in [0.25, 0.3) is 0 Å². The van der Waals surface area contributed by atoms with Crippen molar-refractivity contribution in [3.05, 3.63) is 42.2 Å². The SMILES string of the molecule is CC/C=C/CC(=O)N(Cc1ccncc1)C(C)CC. The van der Waals surface area contributed by atoms with E-state index in [2.05, 4.69) is 25.8 Å². The van der Waals surface area contributed by atoms with Gasteiger partial charge in [-0.3, -0.25) is 9.78 Å². The van der Waals surface area contributed by atoms with E-state index in [0.717, 1.165) is 18.4 Å². The fraction of sp³-hybridized carbons (Fsp3) is 0.500. The summed E-state index contributed by atoms with van der Waals surface area (Å²) in [5, 5.41) is 0. The lowest BCUT2D eigenvalue weighted by Gasteiger charge is -2.28. The van der Waals surface area contributed by atoms with Crippen molar-refractivity contribution in [2.24, 2.45) is 0 Å². The summed E-state index contributed by atoms with van der Waals surface area (Å²) >= 11 is 0. The van der Waals surface area contributed by atoms with Gasteiger partial charge in [-0.15, -0.1) is 0 Å². The number of amides is 1. The minimum Gasteiger partial charge on any atom is -0.335 e. The molecule has 104 valence electrons. The second kappa shape index (κ2) is 8.46. The van der Waals surface area contributed by atoms with Crippen LogP contribution in [0.3, 0.4) is 0 Å². The minimum absolute atomic E-state index is 0.191. The molecule has 0 N–H and O–H groups in total. The number of nitrogens with zero attached hydrogens (tertiary/aromatic N) is 2. The third-order valence-corrected chi connectivity index (χ3v) is 3.24. The zero-order valence-corrected chi connectivity index (χ0v) is 12.2. The maximum absolute atomic E-state index is 12.3. The first kappa shape index (κ1) is 15.4. The van der Waals surface area contributed by atoms with Crippen LogP contribution in [0.5, 0.6) is 0 Å². The van der Waals surface area contributed by atoms with E-state index in [1.807, 2.05) is 29.2 Å². The van der Waals surface area contributed by atoms with Crippen molar-refractivity contribution in [3.8, 4) is 0 Å². The first-order valence-electron chi connectivity index (χ1n) is 7.02. The van der Waals surface area contributed by atoms with Gasteiger partial charge in [-0.25, -0.2) is 0 Å². The molecule has 0 saturated heterocycles. The predicted molar refractivity (Wildman–Crippen MR) is 78.6 cm³/mol. The summed E-state index contributed by atoms with van der Waals surface area (Å²) in [5.41, 5.74) is 1.13. The molecule has 3 nitrogen and oxygen atoms in total. The molecule has 0 radical (unpaired) electrons. The molecule has 0 fully saturated rings. The number of rotatable bonds is 7. The van der Waals surface area contributed by atoms with Crippen LogP contribution in [0.15, 0.2) is 36.7 Å². The highest BCUT2D eigenvalue weighted by molar-refractivity contribution is 5.78. The number of carbonyl (C=O) groups excluding carboxylic acids is 1. The van der Waals surface area contributed by atoms with Gasteiger partial charge in [0.2, 0.25) is 5.91 Å². The summed E-state index contributed by atoms with van der Waals surface area (Å²) in [5.74, 6) is 0.191. The Bertz CT molecular complexity index is 400. The molecule has 0 bridgehead atoms. The molecular formula is C16H24N2O. The monoisotopic (exact) mass is 260 g/mol. The Labute approximate surface area is 116 Å². The standard InChI is InChI=1S/C16H24N2O/c1-4-6-7-8-16(19)18(14(3)5-2)13-15-9-11-17-12-10-15/h6-7,9-12,14H,4-5,8,13H2,1-3H3/b7-6+. The van der Waals surface area contributed by atoms with Gasteiger partial charge >= 0.3 is 0 Å². The number of aromatic nitrogens is 1. The van der Waals surface area contributed by atoms with Gasteiger partial charge in [0.05, 0.1) is 0 Å². The highest BCUT2D eigenvalue weighted by atomic mass is 16.2. The first-order chi connectivity index (χ1) is 9.19. The van der Waals surface area contributed by atoms with Gasteiger partial charge in [-0.2, -0.15) is 0 Å². The van der Waals surface area contributed by atoms with Crippen LogP contribution < -0.4 is 0 Å². The average Bonchev–Trinajstić information content (AvgIpc) is 2.45. The number of allylic oxidation sites excluding steroid dienone is 1. The lowest BCUT2D eigenvalue weighted by Crippen LogP contribution is -2.37. The molecule has 1 amide bonds. The largest absolute Gasteiger partial charge is 0.335 e. The lowest BCUT2D eigenvalue weighted by atomic mass is 10.1. The fourth-order valence-electron chi connectivity index (χ4n) is 1.86. The quantitative estimate of drug-likeness (QED) is 0.702. The molecule has 0 aliphatic carbocycles. The van der Waals surface area contributed by atoms with Crippen LogP contribution in [-0.2, 0) is 11.3 Å². The van der Waals surface area contributed by atoms with Gasteiger partial charge in [-0.05, 0) is 37.5 Å². The Hall–Kier alpha value is -1.64. The van der Waals surface area contributed by atoms with Crippen molar-refractivity contribution in [2.75, 3.05) is 0 Å². The maximum atomic E-state index is 12.3. The van der Waals surface area contributed by atoms with Gasteiger partial charge in [0.1, 0.15) is 0 Å². The van der Waals surface area contributed by atoms with Gasteiger partial charge < -0.3 is 4.90 Å². The summed E-state index contributed by atoms with van der Waals surface area (Å²) in [6, 6.07) is 4.19. The van der Waals surface area contributed by atoms with Crippen LogP contribution in [0.1, 0.15) is 45.6 Å². The highest BCUT2D eigenvalue weighted by Crippen LogP contribution is 2.12. The molecular weight excluding hydrogens is 236 g/mol. The molecule has 0 aromatic carbocycles. The minimum atomic E-state index is 0.191. The third kappa shape index (κ3) is 5.25. The Morgan fingerprint density at radius 2 is 2.00 bits per heavy atom. The summed E-state index contributed by atoms with van der Waals surface area (Å²) in [7, 11) is 0. The van der Waals surface area contributed by atoms with Crippen molar-refractivity contribution >= 4 is 5.91 Å². The summed E-state index contributed by atoms with van der Waals surface area (Å²) in [6.07, 6.45) is 9.97. The average molecular weight is 260 g/mol. The van der Waals surface area contributed by atoms with E-state index in [0.29, 0.717) is 13.0 Å². The van der Waals surface area contributed by atoms with E-state index in [1.165, 1.54) is 0 Å². The van der Waals surface area contributed by atoms with Crippen molar-refractivity contribution in [1.82, 2.24) is 9.88 Å². The van der Waals surface area contributed by atoms with Crippen LogP contribution in [0.2, 0.25) is 0 Å². The first-order valence-corrected chi connectivity index (χ1v) is 7.02. The molecule has 19 heavy (non-hydrogen) atoms. The normalized spacial score (nSPS) is 12.6. The van der Waals surface area contributed by atoms with Crippen LogP contribution in [0, 0.1) is 0 Å². The Morgan fingerprint density at radius 3 is 2.58 bits per heavy atom. The summed E-state index contributed by atoms with van der Waals surface area (Å²) in [6.45, 7) is 6.95. The maximum Gasteiger partial charge on any atom is 0.226 e. The van der Waals surface area contributed by atoms with E-state index >= 15 is 0 Å². The van der Waals surface area contributed by atoms with Crippen molar-refractivity contribution < 1.29 is 4.79 Å². The second-order valence-corrected chi connectivity index (χ2v) is 4.72. The van der Waals surface area contributed by atoms with Crippen LogP contribution in [0.4, 0.5) is 0 Å². The Balaban J connectivity index is 2.72. The van der Waals surface area contributed by atoms with E-state index in [9.17, 15) is 4.79 Å². The number of carbonyl (C=O) groups is 1. The topological polar surface area (TPSA) is 33.2 Å². The van der Waals surface area contributed by atoms with Crippen LogP contribution >= 0.6 is 0 Å². The third-order valence-electron chi connectivity index (χ3n) is 3.24. The zero-order chi connectivity index (χ0) is 14.1. The molecule has 3 heteroatoms. The predicted octanol–water partition coefficient (Wildman–Crippen LogP) is 3.57. The van der Waals surface area contributed by atoms with E-state index in [4.69, 9.17) is 0 Å². The van der Waals surface area contributed by atoms with Crippen molar-refractivity contribution in [1.29, 1.82) is 0 Å². The summed E-state index contributed by atoms with van der Waals surface area (Å²) < 4.78 is 0. The zero-order valence-electron chi connectivity index (χ0n) is 12.2. The smallest absolute Gasteiger partial charge is 0.226 e. The lowest BCUT2D eigenvalue weighted by molar-refractivity contribution is -0.133. The Kier molecular flexibility index (Phi) is 6.86. The highest BCUT2D eigenvalue weighted by Gasteiger charge is 2.17. The molecule has 0 saturated carbocycles. The van der Waals surface area contributed by atoms with E-state index in [-0.39, 0.29) is 11.9 Å². The van der Waals surface area contributed by atoms with Crippen LogP contribution in [0.25, 0.3) is 0 Å². The van der Waals surface area contributed by atoms with Gasteiger partial charge in [-0.1, -0.05) is 26.0 Å². The van der Waals surface area contributed by atoms with E-state index < -0.39 is 0 Å². The van der Waals surface area contributed by atoms with Gasteiger partial charge in [0, 0.05) is 31.4 Å². The molecule has 0 aliphatic rings. The van der Waals surface area contributed by atoms with Crippen molar-refractivity contribution in [2.45, 2.75) is 52.6 Å². The number of hydrogen-bond donors (Lipinski definition) is 0. The molecule has 0 aliphatic heterocycles. The molecule has 1 unspecified atom stereocenters. The van der Waals surface area contributed by atoms with Crippen LogP contribution in [-0.4, -0.2) is 21.8 Å². The number of pyridine rings is 1. The summed E-state index contributed by atoms with van der Waals surface area (Å²) in [4.78, 5) is 18.2. The Morgan fingerprint density at radius 1 is 1.32 bits per heavy atom. The molecule has 0 spiro atoms. The molecule has 1 rings (SSSR count). The fourth-order valence-corrected chi connectivity index (χ4v) is 1.86.